The van der Waals surface area contributed by atoms with Crippen molar-refractivity contribution in [2.75, 3.05) is 7.05 Å². The van der Waals surface area contributed by atoms with Crippen LogP contribution in [0.1, 0.15) is 31.2 Å². The van der Waals surface area contributed by atoms with Crippen LogP contribution in [0, 0.1) is 11.3 Å². The van der Waals surface area contributed by atoms with Crippen molar-refractivity contribution in [3.8, 4) is 6.07 Å². The quantitative estimate of drug-likeness (QED) is 0.744. The van der Waals surface area contributed by atoms with E-state index in [0.29, 0.717) is 12.1 Å². The van der Waals surface area contributed by atoms with E-state index in [1.165, 1.54) is 18.4 Å². The minimum Gasteiger partial charge on any atom is -0.300 e. The molecule has 1 aromatic rings. The van der Waals surface area contributed by atoms with Crippen LogP contribution >= 0.6 is 11.3 Å². The summed E-state index contributed by atoms with van der Waals surface area (Å²) in [5, 5.41) is 13.9. The molecule has 16 heavy (non-hydrogen) atoms. The molecule has 84 valence electrons. The van der Waals surface area contributed by atoms with Gasteiger partial charge in [-0.05, 0) is 55.1 Å². The van der Waals surface area contributed by atoms with Crippen molar-refractivity contribution in [2.24, 2.45) is 0 Å². The third-order valence-corrected chi connectivity index (χ3v) is 5.12. The highest BCUT2D eigenvalue weighted by atomic mass is 32.1. The summed E-state index contributed by atoms with van der Waals surface area (Å²) in [7, 11) is 2.22. The van der Waals surface area contributed by atoms with Crippen molar-refractivity contribution in [1.29, 1.82) is 5.26 Å². The molecule has 2 aliphatic heterocycles. The van der Waals surface area contributed by atoms with Crippen LogP contribution in [-0.2, 0) is 5.41 Å². The molecule has 3 atom stereocenters. The molecule has 0 amide bonds. The van der Waals surface area contributed by atoms with Gasteiger partial charge in [0.15, 0.2) is 0 Å². The van der Waals surface area contributed by atoms with Gasteiger partial charge in [0.2, 0.25) is 0 Å². The second-order valence-electron chi connectivity index (χ2n) is 5.16. The highest BCUT2D eigenvalue weighted by Gasteiger charge is 2.48. The fourth-order valence-corrected chi connectivity index (χ4v) is 4.15. The Kier molecular flexibility index (Phi) is 2.31. The Morgan fingerprint density at radius 1 is 1.44 bits per heavy atom. The molecule has 2 saturated heterocycles. The molecule has 2 aliphatic rings. The van der Waals surface area contributed by atoms with Gasteiger partial charge in [0.05, 0.1) is 11.5 Å². The smallest absolute Gasteiger partial charge is 0.0860 e. The van der Waals surface area contributed by atoms with Gasteiger partial charge in [0.1, 0.15) is 0 Å². The van der Waals surface area contributed by atoms with Crippen molar-refractivity contribution in [3.05, 3.63) is 22.4 Å². The van der Waals surface area contributed by atoms with E-state index in [2.05, 4.69) is 34.8 Å². The number of thiophene rings is 1. The average Bonchev–Trinajstić information content (AvgIpc) is 2.88. The molecular formula is C13H16N2S. The molecule has 3 rings (SSSR count). The lowest BCUT2D eigenvalue weighted by Gasteiger charge is -2.41. The summed E-state index contributed by atoms with van der Waals surface area (Å²) in [6.45, 7) is 0. The average molecular weight is 232 g/mol. The fourth-order valence-electron chi connectivity index (χ4n) is 3.40. The molecule has 3 heteroatoms. The zero-order valence-corrected chi connectivity index (χ0v) is 10.3. The van der Waals surface area contributed by atoms with E-state index in [0.717, 1.165) is 12.8 Å². The van der Waals surface area contributed by atoms with Crippen LogP contribution in [0.15, 0.2) is 16.8 Å². The molecule has 1 aromatic heterocycles. The van der Waals surface area contributed by atoms with Crippen molar-refractivity contribution >= 4 is 11.3 Å². The number of hydrogen-bond acceptors (Lipinski definition) is 3. The van der Waals surface area contributed by atoms with E-state index >= 15 is 0 Å². The summed E-state index contributed by atoms with van der Waals surface area (Å²) in [5.41, 5.74) is 1.06. The lowest BCUT2D eigenvalue weighted by Crippen LogP contribution is -2.46. The molecule has 0 saturated carbocycles. The maximum Gasteiger partial charge on any atom is 0.0860 e. The Hall–Kier alpha value is -0.850. The van der Waals surface area contributed by atoms with Crippen LogP contribution < -0.4 is 0 Å². The summed E-state index contributed by atoms with van der Waals surface area (Å²) >= 11 is 1.71. The fraction of sp³-hybridized carbons (Fsp3) is 0.615. The van der Waals surface area contributed by atoms with E-state index in [1.807, 2.05) is 0 Å². The second-order valence-corrected chi connectivity index (χ2v) is 5.94. The Balaban J connectivity index is 1.97. The van der Waals surface area contributed by atoms with Gasteiger partial charge in [-0.3, -0.25) is 0 Å². The third-order valence-electron chi connectivity index (χ3n) is 4.44. The van der Waals surface area contributed by atoms with Gasteiger partial charge in [-0.25, -0.2) is 0 Å². The Labute approximate surface area is 100 Å². The van der Waals surface area contributed by atoms with Gasteiger partial charge >= 0.3 is 0 Å². The van der Waals surface area contributed by atoms with Crippen molar-refractivity contribution in [2.45, 2.75) is 43.2 Å². The Bertz CT molecular complexity index is 404. The number of hydrogen-bond donors (Lipinski definition) is 0. The van der Waals surface area contributed by atoms with Crippen LogP contribution in [0.25, 0.3) is 0 Å². The lowest BCUT2D eigenvalue weighted by molar-refractivity contribution is 0.136. The van der Waals surface area contributed by atoms with Crippen LogP contribution in [0.5, 0.6) is 0 Å². The highest BCUT2D eigenvalue weighted by Crippen LogP contribution is 2.46. The molecule has 0 aliphatic carbocycles. The first-order chi connectivity index (χ1) is 7.75. The molecule has 2 bridgehead atoms. The minimum atomic E-state index is -0.196. The van der Waals surface area contributed by atoms with E-state index in [1.54, 1.807) is 11.3 Å². The maximum atomic E-state index is 9.60. The van der Waals surface area contributed by atoms with Crippen molar-refractivity contribution in [3.63, 3.8) is 0 Å². The van der Waals surface area contributed by atoms with Crippen molar-refractivity contribution < 1.29 is 0 Å². The van der Waals surface area contributed by atoms with Gasteiger partial charge in [0, 0.05) is 12.1 Å². The molecule has 0 N–H and O–H groups in total. The van der Waals surface area contributed by atoms with E-state index in [9.17, 15) is 5.26 Å². The summed E-state index contributed by atoms with van der Waals surface area (Å²) in [5.74, 6) is 0. The van der Waals surface area contributed by atoms with E-state index in [-0.39, 0.29) is 5.41 Å². The van der Waals surface area contributed by atoms with Gasteiger partial charge in [-0.1, -0.05) is 0 Å². The van der Waals surface area contributed by atoms with Crippen LogP contribution in [-0.4, -0.2) is 24.0 Å². The van der Waals surface area contributed by atoms with Crippen LogP contribution in [0.2, 0.25) is 0 Å². The predicted octanol–water partition coefficient (Wildman–Crippen LogP) is 2.77. The molecule has 0 radical (unpaired) electrons. The molecule has 0 aromatic carbocycles. The summed E-state index contributed by atoms with van der Waals surface area (Å²) in [4.78, 5) is 2.49. The number of nitriles is 1. The zero-order valence-electron chi connectivity index (χ0n) is 9.52. The first kappa shape index (κ1) is 10.3. The zero-order chi connectivity index (χ0) is 11.2. The second kappa shape index (κ2) is 3.58. The molecule has 1 unspecified atom stereocenters. The summed E-state index contributed by atoms with van der Waals surface area (Å²) in [6.07, 6.45) is 4.59. The van der Waals surface area contributed by atoms with Crippen LogP contribution in [0.3, 0.4) is 0 Å². The van der Waals surface area contributed by atoms with E-state index in [4.69, 9.17) is 0 Å². The van der Waals surface area contributed by atoms with Crippen molar-refractivity contribution in [1.82, 2.24) is 4.90 Å². The minimum absolute atomic E-state index is 0.196. The number of piperidine rings is 1. The Morgan fingerprint density at radius 2 is 2.12 bits per heavy atom. The lowest BCUT2D eigenvalue weighted by atomic mass is 9.72. The normalized spacial score (nSPS) is 38.5. The first-order valence-corrected chi connectivity index (χ1v) is 6.85. The van der Waals surface area contributed by atoms with Gasteiger partial charge < -0.3 is 4.90 Å². The molecule has 2 fully saturated rings. The SMILES string of the molecule is CN1[C@@H]2CC[C@H]1CC(C#N)(c1ccsc1)C2. The first-order valence-electron chi connectivity index (χ1n) is 5.91. The number of fused-ring (bicyclic) bond motifs is 2. The molecular weight excluding hydrogens is 216 g/mol. The standard InChI is InChI=1S/C13H16N2S/c1-15-11-2-3-12(15)7-13(6-11,9-14)10-4-5-16-8-10/h4-5,8,11-12H,2-3,6-7H2,1H3/t11-,12+,13?. The summed E-state index contributed by atoms with van der Waals surface area (Å²) in [6, 6.07) is 6.01. The molecule has 3 heterocycles. The predicted molar refractivity (Wildman–Crippen MR) is 65.4 cm³/mol. The maximum absolute atomic E-state index is 9.60. The van der Waals surface area contributed by atoms with Gasteiger partial charge in [0.25, 0.3) is 0 Å². The van der Waals surface area contributed by atoms with E-state index < -0.39 is 0 Å². The molecule has 2 nitrogen and oxygen atoms in total. The largest absolute Gasteiger partial charge is 0.300 e. The highest BCUT2D eigenvalue weighted by molar-refractivity contribution is 7.08. The van der Waals surface area contributed by atoms with Crippen LogP contribution in [0.4, 0.5) is 0 Å². The number of nitrogens with zero attached hydrogens (tertiary/aromatic N) is 2. The summed E-state index contributed by atoms with van der Waals surface area (Å²) < 4.78 is 0. The third kappa shape index (κ3) is 1.33. The van der Waals surface area contributed by atoms with Gasteiger partial charge in [-0.15, -0.1) is 0 Å². The Morgan fingerprint density at radius 3 is 2.62 bits per heavy atom. The number of rotatable bonds is 1. The molecule has 0 spiro atoms. The monoisotopic (exact) mass is 232 g/mol. The topological polar surface area (TPSA) is 27.0 Å². The van der Waals surface area contributed by atoms with Gasteiger partial charge in [-0.2, -0.15) is 16.6 Å².